The van der Waals surface area contributed by atoms with E-state index >= 15 is 0 Å². The largest absolute Gasteiger partial charge is 0.502 e. The Balaban J connectivity index is 1.96. The van der Waals surface area contributed by atoms with Crippen molar-refractivity contribution in [2.45, 2.75) is 6.42 Å². The third-order valence-electron chi connectivity index (χ3n) is 2.94. The first-order valence-corrected chi connectivity index (χ1v) is 6.59. The fraction of sp³-hybridized carbons (Fsp3) is 0.0667. The standard InChI is InChI=1S/C15H14N4O4/c16-12-4-1-10(2-5-12)8-15(21)18-17-9-11-3-6-14(20)13(7-11)19(22)23/h1-7,9,20H,8,16H2,(H,18,21)/b17-9-. The van der Waals surface area contributed by atoms with Gasteiger partial charge in [-0.05, 0) is 29.8 Å². The third kappa shape index (κ3) is 4.53. The molecule has 0 radical (unpaired) electrons. The van der Waals surface area contributed by atoms with E-state index in [1.54, 1.807) is 24.3 Å². The molecule has 0 aliphatic rings. The highest BCUT2D eigenvalue weighted by Crippen LogP contribution is 2.25. The van der Waals surface area contributed by atoms with Gasteiger partial charge >= 0.3 is 5.69 Å². The van der Waals surface area contributed by atoms with E-state index in [9.17, 15) is 20.0 Å². The molecule has 0 saturated heterocycles. The fourth-order valence-corrected chi connectivity index (χ4v) is 1.81. The van der Waals surface area contributed by atoms with Crippen molar-refractivity contribution in [3.8, 4) is 5.75 Å². The van der Waals surface area contributed by atoms with Gasteiger partial charge < -0.3 is 10.8 Å². The molecule has 0 fully saturated rings. The molecule has 0 atom stereocenters. The Labute approximate surface area is 131 Å². The van der Waals surface area contributed by atoms with E-state index in [4.69, 9.17) is 5.73 Å². The average molecular weight is 314 g/mol. The molecule has 23 heavy (non-hydrogen) atoms. The zero-order chi connectivity index (χ0) is 16.8. The van der Waals surface area contributed by atoms with Gasteiger partial charge in [0.1, 0.15) is 0 Å². The second-order valence-corrected chi connectivity index (χ2v) is 4.72. The molecule has 118 valence electrons. The number of nitro groups is 1. The van der Waals surface area contributed by atoms with Crippen molar-refractivity contribution in [2.75, 3.05) is 5.73 Å². The van der Waals surface area contributed by atoms with Crippen LogP contribution in [0.25, 0.3) is 0 Å². The first-order chi connectivity index (χ1) is 11.0. The summed E-state index contributed by atoms with van der Waals surface area (Å²) in [5.74, 6) is -0.765. The first-order valence-electron chi connectivity index (χ1n) is 6.59. The van der Waals surface area contributed by atoms with Crippen LogP contribution in [0.15, 0.2) is 47.6 Å². The number of rotatable bonds is 5. The Morgan fingerprint density at radius 1 is 1.30 bits per heavy atom. The number of carbonyl (C=O) groups excluding carboxylic acids is 1. The lowest BCUT2D eigenvalue weighted by Crippen LogP contribution is -2.19. The van der Waals surface area contributed by atoms with Crippen LogP contribution < -0.4 is 11.2 Å². The minimum atomic E-state index is -0.702. The summed E-state index contributed by atoms with van der Waals surface area (Å²) in [5.41, 5.74) is 9.23. The van der Waals surface area contributed by atoms with E-state index in [-0.39, 0.29) is 12.3 Å². The molecule has 0 bridgehead atoms. The molecule has 0 heterocycles. The van der Waals surface area contributed by atoms with Crippen molar-refractivity contribution in [2.24, 2.45) is 5.10 Å². The number of hydrazone groups is 1. The first kappa shape index (κ1) is 16.0. The monoisotopic (exact) mass is 314 g/mol. The summed E-state index contributed by atoms with van der Waals surface area (Å²) in [4.78, 5) is 21.7. The normalized spacial score (nSPS) is 10.6. The molecule has 8 heteroatoms. The number of nitrogens with two attached hydrogens (primary N) is 1. The van der Waals surface area contributed by atoms with Crippen molar-refractivity contribution in [3.63, 3.8) is 0 Å². The van der Waals surface area contributed by atoms with Crippen LogP contribution in [-0.2, 0) is 11.2 Å². The molecule has 2 aromatic carbocycles. The molecule has 0 saturated carbocycles. The number of nitrogen functional groups attached to an aromatic ring is 1. The van der Waals surface area contributed by atoms with Crippen molar-refractivity contribution in [3.05, 3.63) is 63.7 Å². The number of amides is 1. The number of phenolic OH excluding ortho intramolecular Hbond substituents is 1. The summed E-state index contributed by atoms with van der Waals surface area (Å²) >= 11 is 0. The maximum absolute atomic E-state index is 11.7. The maximum atomic E-state index is 11.7. The van der Waals surface area contributed by atoms with E-state index in [1.807, 2.05) is 0 Å². The van der Waals surface area contributed by atoms with Gasteiger partial charge in [-0.1, -0.05) is 12.1 Å². The summed E-state index contributed by atoms with van der Waals surface area (Å²) in [6.45, 7) is 0. The fourth-order valence-electron chi connectivity index (χ4n) is 1.81. The predicted molar refractivity (Wildman–Crippen MR) is 85.1 cm³/mol. The summed E-state index contributed by atoms with van der Waals surface area (Å²) in [6, 6.07) is 10.7. The van der Waals surface area contributed by atoms with Crippen LogP contribution in [0, 0.1) is 10.1 Å². The summed E-state index contributed by atoms with van der Waals surface area (Å²) < 4.78 is 0. The third-order valence-corrected chi connectivity index (χ3v) is 2.94. The lowest BCUT2D eigenvalue weighted by atomic mass is 10.1. The molecule has 0 spiro atoms. The van der Waals surface area contributed by atoms with Crippen LogP contribution in [0.1, 0.15) is 11.1 Å². The summed E-state index contributed by atoms with van der Waals surface area (Å²) in [5, 5.41) is 23.8. The maximum Gasteiger partial charge on any atom is 0.311 e. The topological polar surface area (TPSA) is 131 Å². The Kier molecular flexibility index (Phi) is 4.88. The second kappa shape index (κ2) is 7.03. The highest BCUT2D eigenvalue weighted by Gasteiger charge is 2.12. The van der Waals surface area contributed by atoms with E-state index in [0.29, 0.717) is 11.3 Å². The van der Waals surface area contributed by atoms with Crippen LogP contribution >= 0.6 is 0 Å². The number of anilines is 1. The molecule has 8 nitrogen and oxygen atoms in total. The minimum absolute atomic E-state index is 0.132. The predicted octanol–water partition coefficient (Wildman–Crippen LogP) is 1.58. The molecule has 4 N–H and O–H groups in total. The van der Waals surface area contributed by atoms with Crippen molar-refractivity contribution in [1.82, 2.24) is 5.43 Å². The van der Waals surface area contributed by atoms with E-state index in [0.717, 1.165) is 11.6 Å². The number of nitrogens with one attached hydrogen (secondary N) is 1. The molecule has 0 aromatic heterocycles. The summed E-state index contributed by atoms with van der Waals surface area (Å²) in [6.07, 6.45) is 1.39. The van der Waals surface area contributed by atoms with Gasteiger partial charge in [0.05, 0.1) is 17.6 Å². The lowest BCUT2D eigenvalue weighted by molar-refractivity contribution is -0.385. The highest BCUT2D eigenvalue weighted by molar-refractivity contribution is 5.84. The van der Waals surface area contributed by atoms with Crippen LogP contribution in [0.2, 0.25) is 0 Å². The average Bonchev–Trinajstić information content (AvgIpc) is 2.51. The van der Waals surface area contributed by atoms with Gasteiger partial charge in [0, 0.05) is 17.3 Å². The number of benzene rings is 2. The van der Waals surface area contributed by atoms with Gasteiger partial charge in [0.25, 0.3) is 0 Å². The van der Waals surface area contributed by atoms with E-state index < -0.39 is 16.4 Å². The molecular formula is C15H14N4O4. The number of hydrogen-bond acceptors (Lipinski definition) is 6. The number of carbonyl (C=O) groups is 1. The molecule has 0 aliphatic carbocycles. The van der Waals surface area contributed by atoms with Crippen LogP contribution in [0.5, 0.6) is 5.75 Å². The van der Waals surface area contributed by atoms with Crippen molar-refractivity contribution < 1.29 is 14.8 Å². The van der Waals surface area contributed by atoms with Crippen LogP contribution in [0.3, 0.4) is 0 Å². The van der Waals surface area contributed by atoms with Gasteiger partial charge in [-0.3, -0.25) is 14.9 Å². The van der Waals surface area contributed by atoms with Crippen molar-refractivity contribution in [1.29, 1.82) is 0 Å². The zero-order valence-corrected chi connectivity index (χ0v) is 12.0. The SMILES string of the molecule is Nc1ccc(CC(=O)N/N=C\c2ccc(O)c([N+](=O)[O-])c2)cc1. The van der Waals surface area contributed by atoms with E-state index in [1.165, 1.54) is 18.3 Å². The quantitative estimate of drug-likeness (QED) is 0.334. The van der Waals surface area contributed by atoms with Crippen molar-refractivity contribution >= 4 is 23.5 Å². The number of hydrogen-bond donors (Lipinski definition) is 3. The van der Waals surface area contributed by atoms with Gasteiger partial charge in [-0.25, -0.2) is 5.43 Å². The Bertz CT molecular complexity index is 757. The molecule has 2 rings (SSSR count). The number of aromatic hydroxyl groups is 1. The molecule has 0 aliphatic heterocycles. The molecule has 2 aromatic rings. The highest BCUT2D eigenvalue weighted by atomic mass is 16.6. The van der Waals surface area contributed by atoms with Gasteiger partial charge in [0.2, 0.25) is 5.91 Å². The zero-order valence-electron chi connectivity index (χ0n) is 12.0. The summed E-state index contributed by atoms with van der Waals surface area (Å²) in [7, 11) is 0. The molecule has 0 unspecified atom stereocenters. The lowest BCUT2D eigenvalue weighted by Gasteiger charge is -2.01. The van der Waals surface area contributed by atoms with E-state index in [2.05, 4.69) is 10.5 Å². The van der Waals surface area contributed by atoms with Crippen LogP contribution in [0.4, 0.5) is 11.4 Å². The smallest absolute Gasteiger partial charge is 0.311 e. The minimum Gasteiger partial charge on any atom is -0.502 e. The number of nitrogens with zero attached hydrogens (tertiary/aromatic N) is 2. The molecular weight excluding hydrogens is 300 g/mol. The second-order valence-electron chi connectivity index (χ2n) is 4.72. The molecule has 1 amide bonds. The van der Waals surface area contributed by atoms with Gasteiger partial charge in [-0.2, -0.15) is 5.10 Å². The number of nitro benzene ring substituents is 1. The Morgan fingerprint density at radius 3 is 2.65 bits per heavy atom. The van der Waals surface area contributed by atoms with Gasteiger partial charge in [0.15, 0.2) is 5.75 Å². The number of phenols is 1. The van der Waals surface area contributed by atoms with Crippen LogP contribution in [-0.4, -0.2) is 22.2 Å². The van der Waals surface area contributed by atoms with Gasteiger partial charge in [-0.15, -0.1) is 0 Å². The Morgan fingerprint density at radius 2 is 2.00 bits per heavy atom. The Hall–Kier alpha value is -3.42.